The van der Waals surface area contributed by atoms with Crippen molar-refractivity contribution in [2.45, 2.75) is 58.5 Å². The Bertz CT molecular complexity index is 213. The highest BCUT2D eigenvalue weighted by molar-refractivity contribution is 4.95. The standard InChI is InChI=1S/C13H26N2/c1-13(2,3)10-8-15(9-10)12-7-5-4-6-11(12)14/h10-12H,4-9,14H2,1-3H3. The molecule has 1 heterocycles. The molecule has 0 radical (unpaired) electrons. The summed E-state index contributed by atoms with van der Waals surface area (Å²) in [5.74, 6) is 0.881. The van der Waals surface area contributed by atoms with Crippen molar-refractivity contribution in [3.63, 3.8) is 0 Å². The Hall–Kier alpha value is -0.0800. The molecule has 2 fully saturated rings. The minimum absolute atomic E-state index is 0.444. The van der Waals surface area contributed by atoms with Crippen LogP contribution in [0, 0.1) is 11.3 Å². The molecular weight excluding hydrogens is 184 g/mol. The summed E-state index contributed by atoms with van der Waals surface area (Å²) >= 11 is 0. The first-order chi connectivity index (χ1) is 6.98. The number of likely N-dealkylation sites (tertiary alicyclic amines) is 1. The van der Waals surface area contributed by atoms with Gasteiger partial charge in [-0.1, -0.05) is 33.6 Å². The van der Waals surface area contributed by atoms with Gasteiger partial charge in [-0.3, -0.25) is 4.90 Å². The van der Waals surface area contributed by atoms with Gasteiger partial charge in [-0.15, -0.1) is 0 Å². The van der Waals surface area contributed by atoms with Crippen molar-refractivity contribution in [3.05, 3.63) is 0 Å². The van der Waals surface area contributed by atoms with Crippen molar-refractivity contribution >= 4 is 0 Å². The van der Waals surface area contributed by atoms with E-state index in [1.807, 2.05) is 0 Å². The van der Waals surface area contributed by atoms with Gasteiger partial charge >= 0.3 is 0 Å². The zero-order valence-electron chi connectivity index (χ0n) is 10.5. The number of hydrogen-bond acceptors (Lipinski definition) is 2. The van der Waals surface area contributed by atoms with E-state index in [4.69, 9.17) is 5.73 Å². The van der Waals surface area contributed by atoms with Crippen molar-refractivity contribution in [3.8, 4) is 0 Å². The van der Waals surface area contributed by atoms with Crippen molar-refractivity contribution in [1.29, 1.82) is 0 Å². The molecule has 2 unspecified atom stereocenters. The van der Waals surface area contributed by atoms with Gasteiger partial charge in [0.25, 0.3) is 0 Å². The third-order valence-electron chi connectivity index (χ3n) is 4.39. The molecule has 2 nitrogen and oxygen atoms in total. The fraction of sp³-hybridized carbons (Fsp3) is 1.00. The van der Waals surface area contributed by atoms with Crippen molar-refractivity contribution < 1.29 is 0 Å². The van der Waals surface area contributed by atoms with Gasteiger partial charge in [0.2, 0.25) is 0 Å². The smallest absolute Gasteiger partial charge is 0.0247 e. The first-order valence-electron chi connectivity index (χ1n) is 6.48. The van der Waals surface area contributed by atoms with Gasteiger partial charge in [-0.2, -0.15) is 0 Å². The molecule has 2 aliphatic rings. The Labute approximate surface area is 94.2 Å². The van der Waals surface area contributed by atoms with Crippen LogP contribution in [0.25, 0.3) is 0 Å². The van der Waals surface area contributed by atoms with Crippen LogP contribution in [0.15, 0.2) is 0 Å². The van der Waals surface area contributed by atoms with E-state index < -0.39 is 0 Å². The van der Waals surface area contributed by atoms with Crippen LogP contribution in [-0.2, 0) is 0 Å². The second kappa shape index (κ2) is 4.06. The molecule has 2 N–H and O–H groups in total. The summed E-state index contributed by atoms with van der Waals surface area (Å²) in [5.41, 5.74) is 6.68. The zero-order valence-corrected chi connectivity index (χ0v) is 10.5. The number of nitrogens with zero attached hydrogens (tertiary/aromatic N) is 1. The molecule has 0 aromatic heterocycles. The maximum absolute atomic E-state index is 6.20. The quantitative estimate of drug-likeness (QED) is 0.719. The topological polar surface area (TPSA) is 29.3 Å². The normalized spacial score (nSPS) is 35.2. The third-order valence-corrected chi connectivity index (χ3v) is 4.39. The number of nitrogens with two attached hydrogens (primary N) is 1. The van der Waals surface area contributed by atoms with Gasteiger partial charge in [0.15, 0.2) is 0 Å². The molecule has 0 aromatic rings. The fourth-order valence-corrected chi connectivity index (χ4v) is 2.92. The van der Waals surface area contributed by atoms with Gasteiger partial charge in [-0.05, 0) is 24.2 Å². The minimum atomic E-state index is 0.444. The Morgan fingerprint density at radius 2 is 1.67 bits per heavy atom. The summed E-state index contributed by atoms with van der Waals surface area (Å²) < 4.78 is 0. The first kappa shape index (κ1) is 11.4. The first-order valence-corrected chi connectivity index (χ1v) is 6.48. The van der Waals surface area contributed by atoms with E-state index in [-0.39, 0.29) is 0 Å². The maximum atomic E-state index is 6.20. The molecule has 2 heteroatoms. The second-order valence-electron chi connectivity index (χ2n) is 6.53. The average Bonchev–Trinajstić information content (AvgIpc) is 2.03. The number of rotatable bonds is 1. The molecule has 1 aliphatic carbocycles. The van der Waals surface area contributed by atoms with E-state index in [0.29, 0.717) is 17.5 Å². The largest absolute Gasteiger partial charge is 0.326 e. The predicted octanol–water partition coefficient (Wildman–Crippen LogP) is 2.23. The summed E-state index contributed by atoms with van der Waals surface area (Å²) in [6, 6.07) is 1.14. The van der Waals surface area contributed by atoms with Crippen LogP contribution in [0.2, 0.25) is 0 Å². The lowest BCUT2D eigenvalue weighted by Gasteiger charge is -2.52. The van der Waals surface area contributed by atoms with Crippen LogP contribution < -0.4 is 5.73 Å². The van der Waals surface area contributed by atoms with E-state index in [2.05, 4.69) is 25.7 Å². The molecule has 2 atom stereocenters. The van der Waals surface area contributed by atoms with E-state index in [1.165, 1.54) is 38.8 Å². The van der Waals surface area contributed by atoms with Gasteiger partial charge in [0.05, 0.1) is 0 Å². The molecule has 2 rings (SSSR count). The molecule has 0 aromatic carbocycles. The zero-order chi connectivity index (χ0) is 11.1. The minimum Gasteiger partial charge on any atom is -0.326 e. The molecule has 1 aliphatic heterocycles. The fourth-order valence-electron chi connectivity index (χ4n) is 2.92. The van der Waals surface area contributed by atoms with Crippen LogP contribution >= 0.6 is 0 Å². The lowest BCUT2D eigenvalue weighted by Crippen LogP contribution is -2.61. The van der Waals surface area contributed by atoms with Gasteiger partial charge in [0, 0.05) is 25.2 Å². The summed E-state index contributed by atoms with van der Waals surface area (Å²) in [6.07, 6.45) is 5.29. The molecule has 1 saturated heterocycles. The highest BCUT2D eigenvalue weighted by Crippen LogP contribution is 2.37. The second-order valence-corrected chi connectivity index (χ2v) is 6.53. The molecule has 0 spiro atoms. The summed E-state index contributed by atoms with van der Waals surface area (Å²) in [5, 5.41) is 0. The van der Waals surface area contributed by atoms with E-state index in [9.17, 15) is 0 Å². The van der Waals surface area contributed by atoms with Gasteiger partial charge in [-0.25, -0.2) is 0 Å². The van der Waals surface area contributed by atoms with Crippen molar-refractivity contribution in [2.75, 3.05) is 13.1 Å². The van der Waals surface area contributed by atoms with Crippen molar-refractivity contribution in [2.24, 2.45) is 17.1 Å². The number of hydrogen-bond donors (Lipinski definition) is 1. The van der Waals surface area contributed by atoms with Gasteiger partial charge < -0.3 is 5.73 Å². The molecule has 0 bridgehead atoms. The third kappa shape index (κ3) is 2.36. The van der Waals surface area contributed by atoms with E-state index >= 15 is 0 Å². The Morgan fingerprint density at radius 1 is 1.07 bits per heavy atom. The Kier molecular flexibility index (Phi) is 3.09. The maximum Gasteiger partial charge on any atom is 0.0247 e. The lowest BCUT2D eigenvalue weighted by molar-refractivity contribution is -0.0234. The van der Waals surface area contributed by atoms with Crippen LogP contribution in [0.1, 0.15) is 46.5 Å². The molecule has 15 heavy (non-hydrogen) atoms. The highest BCUT2D eigenvalue weighted by Gasteiger charge is 2.40. The Morgan fingerprint density at radius 3 is 2.20 bits per heavy atom. The summed E-state index contributed by atoms with van der Waals surface area (Å²) in [4.78, 5) is 2.62. The lowest BCUT2D eigenvalue weighted by atomic mass is 9.74. The molecule has 1 saturated carbocycles. The highest BCUT2D eigenvalue weighted by atomic mass is 15.2. The SMILES string of the molecule is CC(C)(C)C1CN(C2CCCCC2N)C1. The van der Waals surface area contributed by atoms with Crippen LogP contribution in [0.5, 0.6) is 0 Å². The monoisotopic (exact) mass is 210 g/mol. The molecule has 88 valence electrons. The van der Waals surface area contributed by atoms with E-state index in [1.54, 1.807) is 0 Å². The molecular formula is C13H26N2. The summed E-state index contributed by atoms with van der Waals surface area (Å²) in [6.45, 7) is 9.63. The Balaban J connectivity index is 1.83. The average molecular weight is 210 g/mol. The van der Waals surface area contributed by atoms with Crippen molar-refractivity contribution in [1.82, 2.24) is 4.90 Å². The van der Waals surface area contributed by atoms with Gasteiger partial charge in [0.1, 0.15) is 0 Å². The van der Waals surface area contributed by atoms with Crippen LogP contribution in [0.4, 0.5) is 0 Å². The van der Waals surface area contributed by atoms with E-state index in [0.717, 1.165) is 5.92 Å². The summed E-state index contributed by atoms with van der Waals surface area (Å²) in [7, 11) is 0. The van der Waals surface area contributed by atoms with Crippen LogP contribution in [0.3, 0.4) is 0 Å². The molecule has 0 amide bonds. The van der Waals surface area contributed by atoms with Crippen LogP contribution in [-0.4, -0.2) is 30.1 Å². The predicted molar refractivity (Wildman–Crippen MR) is 64.7 cm³/mol.